The van der Waals surface area contributed by atoms with Crippen LogP contribution in [0.1, 0.15) is 19.8 Å². The SMILES string of the molecule is CCCCOCCNc1cnnc(Cl)c1. The summed E-state index contributed by atoms with van der Waals surface area (Å²) in [7, 11) is 0. The summed E-state index contributed by atoms with van der Waals surface area (Å²) in [5, 5.41) is 10.9. The van der Waals surface area contributed by atoms with Crippen LogP contribution in [0.25, 0.3) is 0 Å². The lowest BCUT2D eigenvalue weighted by molar-refractivity contribution is 0.141. The molecule has 1 aromatic rings. The third kappa shape index (κ3) is 5.54. The lowest BCUT2D eigenvalue weighted by atomic mass is 10.4. The maximum atomic E-state index is 5.68. The monoisotopic (exact) mass is 229 g/mol. The van der Waals surface area contributed by atoms with Crippen molar-refractivity contribution < 1.29 is 4.74 Å². The molecule has 1 N–H and O–H groups in total. The van der Waals surface area contributed by atoms with Gasteiger partial charge in [0.05, 0.1) is 18.5 Å². The molecule has 0 radical (unpaired) electrons. The van der Waals surface area contributed by atoms with E-state index in [1.165, 1.54) is 0 Å². The molecule has 15 heavy (non-hydrogen) atoms. The number of nitrogens with one attached hydrogen (secondary N) is 1. The zero-order valence-corrected chi connectivity index (χ0v) is 9.63. The average Bonchev–Trinajstić information content (AvgIpc) is 2.23. The van der Waals surface area contributed by atoms with Gasteiger partial charge in [-0.05, 0) is 6.42 Å². The van der Waals surface area contributed by atoms with Gasteiger partial charge < -0.3 is 10.1 Å². The molecule has 5 heteroatoms. The van der Waals surface area contributed by atoms with Crippen molar-refractivity contribution in [3.8, 4) is 0 Å². The molecule has 0 fully saturated rings. The summed E-state index contributed by atoms with van der Waals surface area (Å²) in [6.07, 6.45) is 3.91. The van der Waals surface area contributed by atoms with E-state index in [0.29, 0.717) is 11.8 Å². The van der Waals surface area contributed by atoms with Crippen LogP contribution >= 0.6 is 11.6 Å². The van der Waals surface area contributed by atoms with Crippen molar-refractivity contribution in [2.75, 3.05) is 25.1 Å². The van der Waals surface area contributed by atoms with Crippen molar-refractivity contribution in [1.29, 1.82) is 0 Å². The molecule has 84 valence electrons. The van der Waals surface area contributed by atoms with E-state index in [4.69, 9.17) is 16.3 Å². The van der Waals surface area contributed by atoms with Crippen LogP contribution in [0.15, 0.2) is 12.3 Å². The second-order valence-corrected chi connectivity index (χ2v) is 3.55. The smallest absolute Gasteiger partial charge is 0.153 e. The van der Waals surface area contributed by atoms with E-state index >= 15 is 0 Å². The van der Waals surface area contributed by atoms with Crippen molar-refractivity contribution in [2.24, 2.45) is 0 Å². The quantitative estimate of drug-likeness (QED) is 0.730. The Kier molecular flexibility index (Phi) is 6.04. The summed E-state index contributed by atoms with van der Waals surface area (Å²) in [6, 6.07) is 1.74. The van der Waals surface area contributed by atoms with Gasteiger partial charge in [0.15, 0.2) is 5.15 Å². The normalized spacial score (nSPS) is 10.3. The molecular weight excluding hydrogens is 214 g/mol. The minimum atomic E-state index is 0.395. The van der Waals surface area contributed by atoms with Crippen LogP contribution in [0.3, 0.4) is 0 Å². The van der Waals surface area contributed by atoms with Crippen molar-refractivity contribution in [3.05, 3.63) is 17.4 Å². The number of aromatic nitrogens is 2. The molecule has 0 aliphatic rings. The van der Waals surface area contributed by atoms with Gasteiger partial charge in [-0.1, -0.05) is 24.9 Å². The minimum Gasteiger partial charge on any atom is -0.381 e. The molecule has 0 aliphatic heterocycles. The number of hydrogen-bond donors (Lipinski definition) is 1. The standard InChI is InChI=1S/C10H16ClN3O/c1-2-3-5-15-6-4-12-9-7-10(11)14-13-8-9/h7-8H,2-6H2,1H3,(H,12,14). The second kappa shape index (κ2) is 7.43. The molecule has 0 unspecified atom stereocenters. The number of hydrogen-bond acceptors (Lipinski definition) is 4. The third-order valence-electron chi connectivity index (χ3n) is 1.84. The van der Waals surface area contributed by atoms with E-state index in [0.717, 1.165) is 31.7 Å². The number of nitrogens with zero attached hydrogens (tertiary/aromatic N) is 2. The van der Waals surface area contributed by atoms with Gasteiger partial charge in [-0.25, -0.2) is 0 Å². The van der Waals surface area contributed by atoms with Crippen molar-refractivity contribution in [2.45, 2.75) is 19.8 Å². The molecule has 1 rings (SSSR count). The summed E-state index contributed by atoms with van der Waals surface area (Å²) < 4.78 is 5.39. The molecule has 0 saturated carbocycles. The van der Waals surface area contributed by atoms with Gasteiger partial charge >= 0.3 is 0 Å². The van der Waals surface area contributed by atoms with Crippen LogP contribution in [0.5, 0.6) is 0 Å². The molecule has 0 amide bonds. The highest BCUT2D eigenvalue weighted by atomic mass is 35.5. The molecule has 0 saturated heterocycles. The van der Waals surface area contributed by atoms with E-state index in [1.807, 2.05) is 0 Å². The summed E-state index contributed by atoms with van der Waals surface area (Å²) in [5.74, 6) is 0. The molecule has 4 nitrogen and oxygen atoms in total. The number of rotatable bonds is 7. The summed E-state index contributed by atoms with van der Waals surface area (Å²) in [6.45, 7) is 4.42. The topological polar surface area (TPSA) is 47.0 Å². The highest BCUT2D eigenvalue weighted by molar-refractivity contribution is 6.29. The van der Waals surface area contributed by atoms with Gasteiger partial charge in [0.25, 0.3) is 0 Å². The number of anilines is 1. The summed E-state index contributed by atoms with van der Waals surface area (Å²) in [5.41, 5.74) is 0.870. The van der Waals surface area contributed by atoms with E-state index in [9.17, 15) is 0 Å². The Morgan fingerprint density at radius 2 is 2.33 bits per heavy atom. The van der Waals surface area contributed by atoms with Crippen molar-refractivity contribution >= 4 is 17.3 Å². The van der Waals surface area contributed by atoms with Gasteiger partial charge in [-0.15, -0.1) is 5.10 Å². The highest BCUT2D eigenvalue weighted by Gasteiger charge is 1.94. The van der Waals surface area contributed by atoms with E-state index in [1.54, 1.807) is 12.3 Å². The fourth-order valence-corrected chi connectivity index (χ4v) is 1.21. The first-order chi connectivity index (χ1) is 7.33. The number of unbranched alkanes of at least 4 members (excludes halogenated alkanes) is 1. The first-order valence-electron chi connectivity index (χ1n) is 5.12. The Balaban J connectivity index is 2.10. The zero-order chi connectivity index (χ0) is 10.9. The van der Waals surface area contributed by atoms with Crippen LogP contribution in [0.2, 0.25) is 5.15 Å². The van der Waals surface area contributed by atoms with Gasteiger partial charge in [0.1, 0.15) is 0 Å². The predicted octanol–water partition coefficient (Wildman–Crippen LogP) is 2.36. The van der Waals surface area contributed by atoms with Gasteiger partial charge in [0, 0.05) is 19.2 Å². The average molecular weight is 230 g/mol. The van der Waals surface area contributed by atoms with Crippen LogP contribution in [0.4, 0.5) is 5.69 Å². The highest BCUT2D eigenvalue weighted by Crippen LogP contribution is 2.09. The molecular formula is C10H16ClN3O. The van der Waals surface area contributed by atoms with Crippen LogP contribution in [0, 0.1) is 0 Å². The van der Waals surface area contributed by atoms with Crippen LogP contribution < -0.4 is 5.32 Å². The molecule has 0 aliphatic carbocycles. The molecule has 0 bridgehead atoms. The van der Waals surface area contributed by atoms with Gasteiger partial charge in [0.2, 0.25) is 0 Å². The first kappa shape index (κ1) is 12.2. The van der Waals surface area contributed by atoms with Crippen molar-refractivity contribution in [1.82, 2.24) is 10.2 Å². The van der Waals surface area contributed by atoms with E-state index in [-0.39, 0.29) is 0 Å². The Bertz CT molecular complexity index is 283. The molecule has 1 heterocycles. The Morgan fingerprint density at radius 3 is 3.07 bits per heavy atom. The summed E-state index contributed by atoms with van der Waals surface area (Å²) >= 11 is 5.68. The van der Waals surface area contributed by atoms with Crippen molar-refractivity contribution in [3.63, 3.8) is 0 Å². The second-order valence-electron chi connectivity index (χ2n) is 3.16. The Morgan fingerprint density at radius 1 is 1.47 bits per heavy atom. The van der Waals surface area contributed by atoms with Gasteiger partial charge in [-0.2, -0.15) is 5.10 Å². The lowest BCUT2D eigenvalue weighted by Gasteiger charge is -2.06. The summed E-state index contributed by atoms with van der Waals surface area (Å²) in [4.78, 5) is 0. The first-order valence-corrected chi connectivity index (χ1v) is 5.50. The van der Waals surface area contributed by atoms with Crippen LogP contribution in [-0.4, -0.2) is 30.0 Å². The maximum absolute atomic E-state index is 5.68. The van der Waals surface area contributed by atoms with Crippen LogP contribution in [-0.2, 0) is 4.74 Å². The molecule has 0 aromatic carbocycles. The van der Waals surface area contributed by atoms with Gasteiger partial charge in [-0.3, -0.25) is 0 Å². The third-order valence-corrected chi connectivity index (χ3v) is 2.03. The fraction of sp³-hybridized carbons (Fsp3) is 0.600. The minimum absolute atomic E-state index is 0.395. The largest absolute Gasteiger partial charge is 0.381 e. The Hall–Kier alpha value is -0.870. The number of ether oxygens (including phenoxy) is 1. The number of halogens is 1. The molecule has 1 aromatic heterocycles. The fourth-order valence-electron chi connectivity index (χ4n) is 1.05. The maximum Gasteiger partial charge on any atom is 0.153 e. The predicted molar refractivity (Wildman–Crippen MR) is 61.3 cm³/mol. The van der Waals surface area contributed by atoms with E-state index in [2.05, 4.69) is 22.4 Å². The molecule has 0 spiro atoms. The Labute approximate surface area is 95.0 Å². The molecule has 0 atom stereocenters. The lowest BCUT2D eigenvalue weighted by Crippen LogP contribution is -2.10. The zero-order valence-electron chi connectivity index (χ0n) is 8.87. The van der Waals surface area contributed by atoms with E-state index < -0.39 is 0 Å².